The van der Waals surface area contributed by atoms with Crippen molar-refractivity contribution in [3.63, 3.8) is 0 Å². The molecule has 0 spiro atoms. The van der Waals surface area contributed by atoms with Crippen molar-refractivity contribution in [1.82, 2.24) is 9.38 Å². The van der Waals surface area contributed by atoms with Crippen LogP contribution in [0.3, 0.4) is 0 Å². The van der Waals surface area contributed by atoms with E-state index in [-0.39, 0.29) is 10.2 Å². The number of primary sulfonamides is 1. The number of sulfonamides is 1. The highest BCUT2D eigenvalue weighted by molar-refractivity contribution is 7.91. The molecule has 0 aliphatic heterocycles. The van der Waals surface area contributed by atoms with Gasteiger partial charge in [0, 0.05) is 0 Å². The summed E-state index contributed by atoms with van der Waals surface area (Å²) in [5.41, 5.74) is 6.06. The van der Waals surface area contributed by atoms with Crippen molar-refractivity contribution in [1.29, 1.82) is 0 Å². The highest BCUT2D eigenvalue weighted by Gasteiger charge is 2.19. The first-order chi connectivity index (χ1) is 6.41. The minimum atomic E-state index is -3.67. The van der Waals surface area contributed by atoms with Gasteiger partial charge >= 0.3 is 0 Å². The maximum absolute atomic E-state index is 11.1. The molecule has 0 aromatic carbocycles. The van der Waals surface area contributed by atoms with Crippen molar-refractivity contribution in [2.75, 3.05) is 5.73 Å². The third-order valence-corrected chi connectivity index (χ3v) is 4.58. The van der Waals surface area contributed by atoms with Gasteiger partial charge in [-0.2, -0.15) is 0 Å². The van der Waals surface area contributed by atoms with Gasteiger partial charge in [0.25, 0.3) is 0 Å². The molecule has 6 nitrogen and oxygen atoms in total. The summed E-state index contributed by atoms with van der Waals surface area (Å²) in [4.78, 5) is 4.53. The van der Waals surface area contributed by atoms with E-state index >= 15 is 0 Å². The SMILES string of the molecule is Cc1c(S(N)(=O)=O)sc2cnc(N)n12. The Hall–Kier alpha value is -1.12. The highest BCUT2D eigenvalue weighted by atomic mass is 32.2. The van der Waals surface area contributed by atoms with Crippen LogP contribution in [0.25, 0.3) is 4.83 Å². The number of aryl methyl sites for hydroxylation is 1. The Kier molecular flexibility index (Phi) is 1.81. The number of hydrogen-bond donors (Lipinski definition) is 2. The third kappa shape index (κ3) is 1.19. The van der Waals surface area contributed by atoms with Crippen molar-refractivity contribution < 1.29 is 8.42 Å². The number of hydrogen-bond acceptors (Lipinski definition) is 5. The van der Waals surface area contributed by atoms with E-state index in [0.717, 1.165) is 11.3 Å². The van der Waals surface area contributed by atoms with Crippen molar-refractivity contribution in [3.05, 3.63) is 11.9 Å². The number of nitrogens with two attached hydrogens (primary N) is 2. The van der Waals surface area contributed by atoms with Crippen LogP contribution in [0, 0.1) is 6.92 Å². The quantitative estimate of drug-likeness (QED) is 0.718. The summed E-state index contributed by atoms with van der Waals surface area (Å²) in [6.45, 7) is 1.64. The van der Waals surface area contributed by atoms with Crippen LogP contribution in [0.1, 0.15) is 5.69 Å². The number of thiazole rings is 1. The summed E-state index contributed by atoms with van der Waals surface area (Å²) in [7, 11) is -3.67. The van der Waals surface area contributed by atoms with Crippen molar-refractivity contribution in [3.8, 4) is 0 Å². The van der Waals surface area contributed by atoms with Gasteiger partial charge < -0.3 is 5.73 Å². The molecule has 76 valence electrons. The van der Waals surface area contributed by atoms with Crippen LogP contribution < -0.4 is 10.9 Å². The van der Waals surface area contributed by atoms with Gasteiger partial charge in [-0.25, -0.2) is 18.5 Å². The Morgan fingerprint density at radius 1 is 1.57 bits per heavy atom. The van der Waals surface area contributed by atoms with E-state index in [4.69, 9.17) is 10.9 Å². The molecule has 0 atom stereocenters. The van der Waals surface area contributed by atoms with Gasteiger partial charge in [-0.05, 0) is 6.92 Å². The van der Waals surface area contributed by atoms with Crippen LogP contribution in [0.5, 0.6) is 0 Å². The molecule has 0 aliphatic carbocycles. The second-order valence-electron chi connectivity index (χ2n) is 2.81. The fourth-order valence-corrected chi connectivity index (χ4v) is 3.36. The molecule has 0 fully saturated rings. The maximum atomic E-state index is 11.1. The lowest BCUT2D eigenvalue weighted by Gasteiger charge is -1.95. The van der Waals surface area contributed by atoms with E-state index in [1.54, 1.807) is 11.3 Å². The van der Waals surface area contributed by atoms with E-state index in [0.29, 0.717) is 10.5 Å². The zero-order valence-corrected chi connectivity index (χ0v) is 8.89. The number of rotatable bonds is 1. The Labute approximate surface area is 84.2 Å². The summed E-state index contributed by atoms with van der Waals surface area (Å²) < 4.78 is 24.0. The molecule has 8 heteroatoms. The van der Waals surface area contributed by atoms with E-state index in [1.165, 1.54) is 6.20 Å². The topological polar surface area (TPSA) is 103 Å². The zero-order valence-electron chi connectivity index (χ0n) is 7.26. The van der Waals surface area contributed by atoms with Crippen molar-refractivity contribution in [2.45, 2.75) is 11.1 Å². The van der Waals surface area contributed by atoms with Crippen LogP contribution in [0.15, 0.2) is 10.4 Å². The van der Waals surface area contributed by atoms with Crippen LogP contribution in [-0.2, 0) is 10.0 Å². The minimum Gasteiger partial charge on any atom is -0.369 e. The molecule has 0 unspecified atom stereocenters. The normalized spacial score (nSPS) is 12.4. The standard InChI is InChI=1S/C6H8N4O2S2/c1-3-5(14(8,11)12)13-4-2-9-6(7)10(3)4/h2H,1H3,(H2,7,9)(H2,8,11,12). The van der Waals surface area contributed by atoms with Gasteiger partial charge in [-0.3, -0.25) is 4.40 Å². The summed E-state index contributed by atoms with van der Waals surface area (Å²) in [6.07, 6.45) is 1.52. The largest absolute Gasteiger partial charge is 0.369 e. The summed E-state index contributed by atoms with van der Waals surface area (Å²) in [6, 6.07) is 0. The van der Waals surface area contributed by atoms with E-state index in [2.05, 4.69) is 4.98 Å². The number of nitrogens with zero attached hydrogens (tertiary/aromatic N) is 2. The Bertz CT molecular complexity index is 595. The first kappa shape index (κ1) is 9.44. The second kappa shape index (κ2) is 2.69. The summed E-state index contributed by atoms with van der Waals surface area (Å²) in [5, 5.41) is 5.04. The van der Waals surface area contributed by atoms with Gasteiger partial charge in [-0.1, -0.05) is 0 Å². The van der Waals surface area contributed by atoms with Crippen LogP contribution in [0.2, 0.25) is 0 Å². The molecular weight excluding hydrogens is 224 g/mol. The molecule has 2 heterocycles. The molecule has 0 saturated heterocycles. The lowest BCUT2D eigenvalue weighted by Crippen LogP contribution is -2.12. The summed E-state index contributed by atoms with van der Waals surface area (Å²) in [5.74, 6) is 0.267. The van der Waals surface area contributed by atoms with E-state index in [1.807, 2.05) is 0 Å². The second-order valence-corrected chi connectivity index (χ2v) is 5.60. The molecule has 0 amide bonds. The van der Waals surface area contributed by atoms with Gasteiger partial charge in [0.05, 0.1) is 11.9 Å². The van der Waals surface area contributed by atoms with Crippen LogP contribution in [-0.4, -0.2) is 17.8 Å². The van der Waals surface area contributed by atoms with Gasteiger partial charge in [0.2, 0.25) is 16.0 Å². The maximum Gasteiger partial charge on any atom is 0.249 e. The van der Waals surface area contributed by atoms with E-state index in [9.17, 15) is 8.42 Å². The Balaban J connectivity index is 2.89. The highest BCUT2D eigenvalue weighted by Crippen LogP contribution is 2.27. The molecule has 2 rings (SSSR count). The molecule has 0 radical (unpaired) electrons. The monoisotopic (exact) mass is 232 g/mol. The third-order valence-electron chi connectivity index (χ3n) is 1.84. The fourth-order valence-electron chi connectivity index (χ4n) is 1.28. The predicted octanol–water partition coefficient (Wildman–Crippen LogP) is -0.0662. The van der Waals surface area contributed by atoms with E-state index < -0.39 is 10.0 Å². The van der Waals surface area contributed by atoms with Crippen molar-refractivity contribution >= 4 is 32.1 Å². The molecule has 0 bridgehead atoms. The average Bonchev–Trinajstić information content (AvgIpc) is 2.53. The molecule has 2 aromatic heterocycles. The van der Waals surface area contributed by atoms with Gasteiger partial charge in [-0.15, -0.1) is 11.3 Å². The molecular formula is C6H8N4O2S2. The van der Waals surface area contributed by atoms with Gasteiger partial charge in [0.1, 0.15) is 4.83 Å². The molecule has 14 heavy (non-hydrogen) atoms. The lowest BCUT2D eigenvalue weighted by atomic mass is 10.6. The number of imidazole rings is 1. The van der Waals surface area contributed by atoms with Crippen LogP contribution in [0.4, 0.5) is 5.95 Å². The van der Waals surface area contributed by atoms with Crippen LogP contribution >= 0.6 is 11.3 Å². The Morgan fingerprint density at radius 3 is 2.71 bits per heavy atom. The molecule has 0 saturated carbocycles. The molecule has 4 N–H and O–H groups in total. The number of anilines is 1. The van der Waals surface area contributed by atoms with Gasteiger partial charge in [0.15, 0.2) is 4.21 Å². The Morgan fingerprint density at radius 2 is 2.21 bits per heavy atom. The first-order valence-electron chi connectivity index (χ1n) is 3.66. The number of aromatic nitrogens is 2. The smallest absolute Gasteiger partial charge is 0.249 e. The minimum absolute atomic E-state index is 0.126. The average molecular weight is 232 g/mol. The zero-order chi connectivity index (χ0) is 10.5. The fraction of sp³-hybridized carbons (Fsp3) is 0.167. The predicted molar refractivity (Wildman–Crippen MR) is 53.6 cm³/mol. The lowest BCUT2D eigenvalue weighted by molar-refractivity contribution is 0.599. The molecule has 0 aliphatic rings. The number of nitrogen functional groups attached to an aromatic ring is 1. The van der Waals surface area contributed by atoms with Crippen molar-refractivity contribution in [2.24, 2.45) is 5.14 Å². The first-order valence-corrected chi connectivity index (χ1v) is 6.02. The molecule has 2 aromatic rings. The number of fused-ring (bicyclic) bond motifs is 1. The summed E-state index contributed by atoms with van der Waals surface area (Å²) >= 11 is 1.06.